The van der Waals surface area contributed by atoms with Crippen molar-refractivity contribution in [3.8, 4) is 0 Å². The summed E-state index contributed by atoms with van der Waals surface area (Å²) in [5.41, 5.74) is 1.04. The van der Waals surface area contributed by atoms with Crippen molar-refractivity contribution in [3.63, 3.8) is 0 Å². The second-order valence-electron chi connectivity index (χ2n) is 3.86. The van der Waals surface area contributed by atoms with Gasteiger partial charge in [-0.25, -0.2) is 9.78 Å². The number of hydrogen-bond donors (Lipinski definition) is 2. The van der Waals surface area contributed by atoms with Gasteiger partial charge in [0.2, 0.25) is 0 Å². The second-order valence-corrected chi connectivity index (χ2v) is 5.01. The van der Waals surface area contributed by atoms with Gasteiger partial charge in [0.25, 0.3) is 0 Å². The summed E-state index contributed by atoms with van der Waals surface area (Å²) in [5, 5.41) is 12.4. The molecule has 1 unspecified atom stereocenters. The lowest BCUT2D eigenvalue weighted by Gasteiger charge is -2.14. The van der Waals surface area contributed by atoms with Crippen molar-refractivity contribution in [2.75, 3.05) is 16.8 Å². The van der Waals surface area contributed by atoms with Gasteiger partial charge >= 0.3 is 5.97 Å². The van der Waals surface area contributed by atoms with Crippen molar-refractivity contribution >= 4 is 23.5 Å². The lowest BCUT2D eigenvalue weighted by atomic mass is 10.1. The summed E-state index contributed by atoms with van der Waals surface area (Å²) in [4.78, 5) is 15.3. The Morgan fingerprint density at radius 2 is 2.50 bits per heavy atom. The molecule has 1 aromatic heterocycles. The Morgan fingerprint density at radius 1 is 1.69 bits per heavy atom. The summed E-state index contributed by atoms with van der Waals surface area (Å²) in [6, 6.07) is 2.07. The maximum Gasteiger partial charge on any atom is 0.339 e. The fourth-order valence-electron chi connectivity index (χ4n) is 1.78. The van der Waals surface area contributed by atoms with Crippen LogP contribution >= 0.6 is 11.8 Å². The SMILES string of the molecule is Cc1ccnc(NC2CCSC2)c1C(=O)O. The summed E-state index contributed by atoms with van der Waals surface area (Å²) in [6.07, 6.45) is 2.71. The van der Waals surface area contributed by atoms with Crippen LogP contribution in [0, 0.1) is 6.92 Å². The van der Waals surface area contributed by atoms with E-state index in [-0.39, 0.29) is 0 Å². The lowest BCUT2D eigenvalue weighted by molar-refractivity contribution is 0.0697. The largest absolute Gasteiger partial charge is 0.478 e. The topological polar surface area (TPSA) is 62.2 Å². The Morgan fingerprint density at radius 3 is 3.12 bits per heavy atom. The third kappa shape index (κ3) is 2.29. The number of aryl methyl sites for hydroxylation is 1. The Balaban J connectivity index is 2.25. The van der Waals surface area contributed by atoms with Gasteiger partial charge in [0, 0.05) is 18.0 Å². The first kappa shape index (κ1) is 11.3. The van der Waals surface area contributed by atoms with E-state index in [9.17, 15) is 4.79 Å². The molecule has 1 fully saturated rings. The van der Waals surface area contributed by atoms with Gasteiger partial charge in [0.1, 0.15) is 11.4 Å². The molecule has 0 aliphatic carbocycles. The average Bonchev–Trinajstić information content (AvgIpc) is 2.70. The molecule has 1 aromatic rings. The number of aromatic nitrogens is 1. The van der Waals surface area contributed by atoms with Gasteiger partial charge in [0.15, 0.2) is 0 Å². The highest BCUT2D eigenvalue weighted by atomic mass is 32.2. The molecule has 1 saturated heterocycles. The number of thioether (sulfide) groups is 1. The molecule has 1 aliphatic rings. The smallest absolute Gasteiger partial charge is 0.339 e. The molecule has 0 amide bonds. The highest BCUT2D eigenvalue weighted by Gasteiger charge is 2.20. The van der Waals surface area contributed by atoms with Crippen LogP contribution < -0.4 is 5.32 Å². The zero-order valence-electron chi connectivity index (χ0n) is 9.06. The number of rotatable bonds is 3. The number of carboxylic acids is 1. The van der Waals surface area contributed by atoms with Gasteiger partial charge in [-0.1, -0.05) is 0 Å². The molecule has 2 rings (SSSR count). The molecule has 0 bridgehead atoms. The first-order chi connectivity index (χ1) is 7.68. The summed E-state index contributed by atoms with van der Waals surface area (Å²) in [7, 11) is 0. The zero-order chi connectivity index (χ0) is 11.5. The van der Waals surface area contributed by atoms with E-state index >= 15 is 0 Å². The molecule has 1 atom stereocenters. The molecular weight excluding hydrogens is 224 g/mol. The van der Waals surface area contributed by atoms with E-state index in [2.05, 4.69) is 10.3 Å². The van der Waals surface area contributed by atoms with Crippen LogP contribution in [0.4, 0.5) is 5.82 Å². The van der Waals surface area contributed by atoms with Crippen molar-refractivity contribution in [3.05, 3.63) is 23.4 Å². The number of hydrogen-bond acceptors (Lipinski definition) is 4. The van der Waals surface area contributed by atoms with Crippen LogP contribution in [-0.2, 0) is 0 Å². The first-order valence-corrected chi connectivity index (χ1v) is 6.37. The van der Waals surface area contributed by atoms with E-state index < -0.39 is 5.97 Å². The molecule has 1 aliphatic heterocycles. The molecule has 0 spiro atoms. The number of nitrogens with zero attached hydrogens (tertiary/aromatic N) is 1. The Hall–Kier alpha value is -1.23. The molecule has 2 heterocycles. The molecule has 2 N–H and O–H groups in total. The van der Waals surface area contributed by atoms with Gasteiger partial charge in [-0.2, -0.15) is 11.8 Å². The van der Waals surface area contributed by atoms with Crippen molar-refractivity contribution in [2.45, 2.75) is 19.4 Å². The van der Waals surface area contributed by atoms with E-state index in [0.717, 1.165) is 23.5 Å². The van der Waals surface area contributed by atoms with Gasteiger partial charge in [0.05, 0.1) is 0 Å². The minimum Gasteiger partial charge on any atom is -0.478 e. The number of carboxylic acid groups (broad SMARTS) is 1. The van der Waals surface area contributed by atoms with Crippen LogP contribution in [0.1, 0.15) is 22.3 Å². The standard InChI is InChI=1S/C11H14N2O2S/c1-7-2-4-12-10(9(7)11(14)15)13-8-3-5-16-6-8/h2,4,8H,3,5-6H2,1H3,(H,12,13)(H,14,15). The van der Waals surface area contributed by atoms with E-state index in [1.165, 1.54) is 0 Å². The van der Waals surface area contributed by atoms with Gasteiger partial charge in [-0.3, -0.25) is 0 Å². The van der Waals surface area contributed by atoms with Gasteiger partial charge < -0.3 is 10.4 Å². The quantitative estimate of drug-likeness (QED) is 0.843. The maximum atomic E-state index is 11.1. The van der Waals surface area contributed by atoms with Crippen molar-refractivity contribution < 1.29 is 9.90 Å². The van der Waals surface area contributed by atoms with Crippen molar-refractivity contribution in [1.82, 2.24) is 4.98 Å². The van der Waals surface area contributed by atoms with Crippen LogP contribution in [0.15, 0.2) is 12.3 Å². The molecule has 0 radical (unpaired) electrons. The Kier molecular flexibility index (Phi) is 3.33. The Labute approximate surface area is 98.5 Å². The van der Waals surface area contributed by atoms with Crippen molar-refractivity contribution in [2.24, 2.45) is 0 Å². The number of aromatic carboxylic acids is 1. The van der Waals surface area contributed by atoms with Crippen molar-refractivity contribution in [1.29, 1.82) is 0 Å². The summed E-state index contributed by atoms with van der Waals surface area (Å²) in [6.45, 7) is 1.79. The highest BCUT2D eigenvalue weighted by Crippen LogP contribution is 2.23. The number of anilines is 1. The minimum atomic E-state index is -0.918. The summed E-state index contributed by atoms with van der Waals surface area (Å²) >= 11 is 1.88. The molecule has 5 heteroatoms. The van der Waals surface area contributed by atoms with E-state index in [1.54, 1.807) is 19.2 Å². The fraction of sp³-hybridized carbons (Fsp3) is 0.455. The minimum absolute atomic E-state index is 0.291. The van der Waals surface area contributed by atoms with Crippen LogP contribution in [-0.4, -0.2) is 33.6 Å². The molecular formula is C11H14N2O2S. The third-order valence-electron chi connectivity index (χ3n) is 2.64. The fourth-order valence-corrected chi connectivity index (χ4v) is 2.93. The van der Waals surface area contributed by atoms with Crippen LogP contribution in [0.5, 0.6) is 0 Å². The molecule has 0 saturated carbocycles. The molecule has 0 aromatic carbocycles. The maximum absolute atomic E-state index is 11.1. The van der Waals surface area contributed by atoms with Crippen LogP contribution in [0.25, 0.3) is 0 Å². The van der Waals surface area contributed by atoms with E-state index in [4.69, 9.17) is 5.11 Å². The van der Waals surface area contributed by atoms with E-state index in [0.29, 0.717) is 17.4 Å². The summed E-state index contributed by atoms with van der Waals surface area (Å²) in [5.74, 6) is 1.74. The average molecular weight is 238 g/mol. The lowest BCUT2D eigenvalue weighted by Crippen LogP contribution is -2.21. The predicted octanol–water partition coefficient (Wildman–Crippen LogP) is 2.01. The number of nitrogens with one attached hydrogen (secondary N) is 1. The first-order valence-electron chi connectivity index (χ1n) is 5.21. The third-order valence-corrected chi connectivity index (χ3v) is 3.81. The van der Waals surface area contributed by atoms with Crippen LogP contribution in [0.2, 0.25) is 0 Å². The van der Waals surface area contributed by atoms with Gasteiger partial charge in [-0.05, 0) is 30.7 Å². The number of carbonyl (C=O) groups is 1. The second kappa shape index (κ2) is 4.74. The van der Waals surface area contributed by atoms with E-state index in [1.807, 2.05) is 11.8 Å². The highest BCUT2D eigenvalue weighted by molar-refractivity contribution is 7.99. The molecule has 86 valence electrons. The monoisotopic (exact) mass is 238 g/mol. The number of pyridine rings is 1. The Bertz CT molecular complexity index is 403. The summed E-state index contributed by atoms with van der Waals surface area (Å²) < 4.78 is 0. The zero-order valence-corrected chi connectivity index (χ0v) is 9.88. The van der Waals surface area contributed by atoms with Gasteiger partial charge in [-0.15, -0.1) is 0 Å². The predicted molar refractivity (Wildman–Crippen MR) is 65.3 cm³/mol. The normalized spacial score (nSPS) is 19.7. The van der Waals surface area contributed by atoms with Crippen LogP contribution in [0.3, 0.4) is 0 Å². The molecule has 16 heavy (non-hydrogen) atoms. The molecule has 4 nitrogen and oxygen atoms in total.